The molecule has 0 amide bonds. The molecule has 7 heteroatoms. The molecule has 0 radical (unpaired) electrons. The molecule has 6 nitrogen and oxygen atoms in total. The van der Waals surface area contributed by atoms with Crippen LogP contribution in [0.4, 0.5) is 5.82 Å². The molecule has 0 aromatic carbocycles. The first-order chi connectivity index (χ1) is 8.07. The van der Waals surface area contributed by atoms with Crippen molar-refractivity contribution < 1.29 is 13.2 Å². The van der Waals surface area contributed by atoms with Gasteiger partial charge in [0.15, 0.2) is 0 Å². The molecule has 0 aliphatic rings. The molecule has 3 N–H and O–H groups in total. The van der Waals surface area contributed by atoms with E-state index in [0.717, 1.165) is 5.56 Å². The number of pyridine rings is 1. The number of anilines is 1. The van der Waals surface area contributed by atoms with Gasteiger partial charge < -0.3 is 10.5 Å². The zero-order chi connectivity index (χ0) is 12.7. The maximum absolute atomic E-state index is 11.6. The molecule has 1 aromatic heterocycles. The van der Waals surface area contributed by atoms with Crippen LogP contribution in [0.5, 0.6) is 0 Å². The number of sulfonamides is 1. The number of ether oxygens (including phenoxy) is 1. The van der Waals surface area contributed by atoms with Crippen LogP contribution in [0, 0.1) is 0 Å². The van der Waals surface area contributed by atoms with E-state index in [-0.39, 0.29) is 12.4 Å². The predicted octanol–water partition coefficient (Wildman–Crippen LogP) is 0.319. The lowest BCUT2D eigenvalue weighted by molar-refractivity contribution is 0.163. The Labute approximate surface area is 101 Å². The second-order valence-electron chi connectivity index (χ2n) is 3.37. The minimum atomic E-state index is -3.40. The van der Waals surface area contributed by atoms with Crippen LogP contribution in [0.3, 0.4) is 0 Å². The SMILES string of the molecule is CCOCCS(=O)(=O)Nc1ccc(CN)cn1. The topological polar surface area (TPSA) is 94.3 Å². The summed E-state index contributed by atoms with van der Waals surface area (Å²) in [7, 11) is -3.40. The first kappa shape index (κ1) is 13.9. The van der Waals surface area contributed by atoms with Crippen molar-refractivity contribution in [2.45, 2.75) is 13.5 Å². The summed E-state index contributed by atoms with van der Waals surface area (Å²) >= 11 is 0. The third-order valence-electron chi connectivity index (χ3n) is 2.02. The third kappa shape index (κ3) is 5.12. The van der Waals surface area contributed by atoms with Gasteiger partial charge in [0, 0.05) is 19.3 Å². The molecule has 0 fully saturated rings. The molecule has 0 saturated carbocycles. The number of aromatic nitrogens is 1. The Hall–Kier alpha value is -1.18. The fourth-order valence-electron chi connectivity index (χ4n) is 1.13. The summed E-state index contributed by atoms with van der Waals surface area (Å²) in [6, 6.07) is 3.31. The van der Waals surface area contributed by atoms with E-state index in [9.17, 15) is 8.42 Å². The maximum Gasteiger partial charge on any atom is 0.236 e. The van der Waals surface area contributed by atoms with Gasteiger partial charge in [0.1, 0.15) is 5.82 Å². The van der Waals surface area contributed by atoms with Crippen molar-refractivity contribution in [3.05, 3.63) is 23.9 Å². The van der Waals surface area contributed by atoms with Crippen molar-refractivity contribution in [2.24, 2.45) is 5.73 Å². The number of rotatable bonds is 7. The lowest BCUT2D eigenvalue weighted by atomic mass is 10.3. The van der Waals surface area contributed by atoms with E-state index < -0.39 is 10.0 Å². The molecule has 0 bridgehead atoms. The molecular weight excluding hydrogens is 242 g/mol. The van der Waals surface area contributed by atoms with Crippen molar-refractivity contribution in [1.82, 2.24) is 4.98 Å². The molecule has 0 atom stereocenters. The van der Waals surface area contributed by atoms with Gasteiger partial charge in [-0.1, -0.05) is 6.07 Å². The zero-order valence-corrected chi connectivity index (χ0v) is 10.5. The van der Waals surface area contributed by atoms with Crippen molar-refractivity contribution >= 4 is 15.8 Å². The van der Waals surface area contributed by atoms with E-state index in [1.165, 1.54) is 0 Å². The van der Waals surface area contributed by atoms with Crippen LogP contribution in [-0.4, -0.2) is 32.4 Å². The highest BCUT2D eigenvalue weighted by Gasteiger charge is 2.10. The molecular formula is C10H17N3O3S. The Morgan fingerprint density at radius 1 is 1.47 bits per heavy atom. The molecule has 0 aliphatic heterocycles. The molecule has 1 aromatic rings. The molecule has 96 valence electrons. The van der Waals surface area contributed by atoms with E-state index in [2.05, 4.69) is 9.71 Å². The van der Waals surface area contributed by atoms with Gasteiger partial charge in [-0.15, -0.1) is 0 Å². The van der Waals surface area contributed by atoms with Crippen molar-refractivity contribution in [2.75, 3.05) is 23.7 Å². The van der Waals surface area contributed by atoms with Gasteiger partial charge in [-0.2, -0.15) is 0 Å². The van der Waals surface area contributed by atoms with E-state index in [4.69, 9.17) is 10.5 Å². The van der Waals surface area contributed by atoms with Gasteiger partial charge in [0.2, 0.25) is 10.0 Å². The Morgan fingerprint density at radius 3 is 2.76 bits per heavy atom. The standard InChI is InChI=1S/C10H17N3O3S/c1-2-16-5-6-17(14,15)13-10-4-3-9(7-11)8-12-10/h3-4,8H,2,5-7,11H2,1H3,(H,12,13). The van der Waals surface area contributed by atoms with Crippen molar-refractivity contribution in [3.8, 4) is 0 Å². The first-order valence-electron chi connectivity index (χ1n) is 5.30. The Morgan fingerprint density at radius 2 is 2.24 bits per heavy atom. The van der Waals surface area contributed by atoms with Crippen LogP contribution in [0.2, 0.25) is 0 Å². The molecule has 0 saturated heterocycles. The fourth-order valence-corrected chi connectivity index (χ4v) is 2.01. The van der Waals surface area contributed by atoms with Gasteiger partial charge in [0.25, 0.3) is 0 Å². The lowest BCUT2D eigenvalue weighted by Crippen LogP contribution is -2.20. The molecule has 0 unspecified atom stereocenters. The maximum atomic E-state index is 11.6. The monoisotopic (exact) mass is 259 g/mol. The number of nitrogens with one attached hydrogen (secondary N) is 1. The molecule has 17 heavy (non-hydrogen) atoms. The van der Waals surface area contributed by atoms with Gasteiger partial charge in [-0.25, -0.2) is 13.4 Å². The van der Waals surface area contributed by atoms with Crippen molar-refractivity contribution in [1.29, 1.82) is 0 Å². The summed E-state index contributed by atoms with van der Waals surface area (Å²) in [5.74, 6) is 0.208. The average Bonchev–Trinajstić information content (AvgIpc) is 2.30. The second-order valence-corrected chi connectivity index (χ2v) is 5.22. The number of nitrogens with zero attached hydrogens (tertiary/aromatic N) is 1. The third-order valence-corrected chi connectivity index (χ3v) is 3.25. The fraction of sp³-hybridized carbons (Fsp3) is 0.500. The van der Waals surface area contributed by atoms with Crippen LogP contribution in [0.25, 0.3) is 0 Å². The number of hydrogen-bond donors (Lipinski definition) is 2. The largest absolute Gasteiger partial charge is 0.381 e. The second kappa shape index (κ2) is 6.53. The molecule has 1 rings (SSSR count). The highest BCUT2D eigenvalue weighted by molar-refractivity contribution is 7.92. The first-order valence-corrected chi connectivity index (χ1v) is 6.96. The van der Waals surface area contributed by atoms with Crippen LogP contribution >= 0.6 is 0 Å². The van der Waals surface area contributed by atoms with Crippen LogP contribution < -0.4 is 10.5 Å². The summed E-state index contributed by atoms with van der Waals surface area (Å²) in [4.78, 5) is 3.95. The van der Waals surface area contributed by atoms with Crippen LogP contribution in [0.1, 0.15) is 12.5 Å². The Balaban J connectivity index is 2.56. The van der Waals surface area contributed by atoms with Crippen molar-refractivity contribution in [3.63, 3.8) is 0 Å². The van der Waals surface area contributed by atoms with E-state index in [0.29, 0.717) is 19.0 Å². The average molecular weight is 259 g/mol. The number of nitrogens with two attached hydrogens (primary N) is 1. The van der Waals surface area contributed by atoms with Gasteiger partial charge in [0.05, 0.1) is 12.4 Å². The molecule has 0 aliphatic carbocycles. The smallest absolute Gasteiger partial charge is 0.236 e. The number of hydrogen-bond acceptors (Lipinski definition) is 5. The predicted molar refractivity (Wildman–Crippen MR) is 66.0 cm³/mol. The summed E-state index contributed by atoms with van der Waals surface area (Å²) in [6.07, 6.45) is 1.54. The normalized spacial score (nSPS) is 11.4. The van der Waals surface area contributed by atoms with Gasteiger partial charge >= 0.3 is 0 Å². The Kier molecular flexibility index (Phi) is 5.33. The minimum absolute atomic E-state index is 0.0822. The van der Waals surface area contributed by atoms with Crippen LogP contribution in [-0.2, 0) is 21.3 Å². The van der Waals surface area contributed by atoms with Gasteiger partial charge in [-0.05, 0) is 18.6 Å². The summed E-state index contributed by atoms with van der Waals surface area (Å²) in [5, 5.41) is 0. The van der Waals surface area contributed by atoms with E-state index in [1.54, 1.807) is 18.3 Å². The molecule has 0 spiro atoms. The summed E-state index contributed by atoms with van der Waals surface area (Å²) < 4.78 is 30.5. The summed E-state index contributed by atoms with van der Waals surface area (Å²) in [6.45, 7) is 2.86. The highest BCUT2D eigenvalue weighted by atomic mass is 32.2. The van der Waals surface area contributed by atoms with Crippen LogP contribution in [0.15, 0.2) is 18.3 Å². The quantitative estimate of drug-likeness (QED) is 0.688. The summed E-state index contributed by atoms with van der Waals surface area (Å²) in [5.41, 5.74) is 6.26. The van der Waals surface area contributed by atoms with Gasteiger partial charge in [-0.3, -0.25) is 4.72 Å². The Bertz CT molecular complexity index is 431. The highest BCUT2D eigenvalue weighted by Crippen LogP contribution is 2.06. The molecule has 1 heterocycles. The van der Waals surface area contributed by atoms with E-state index >= 15 is 0 Å². The zero-order valence-electron chi connectivity index (χ0n) is 9.72. The minimum Gasteiger partial charge on any atom is -0.381 e. The van der Waals surface area contributed by atoms with E-state index in [1.807, 2.05) is 6.92 Å². The lowest BCUT2D eigenvalue weighted by Gasteiger charge is -2.07.